The number of benzene rings is 3. The van der Waals surface area contributed by atoms with Crippen molar-refractivity contribution in [1.82, 2.24) is 15.5 Å². The highest BCUT2D eigenvalue weighted by molar-refractivity contribution is 5.97. The van der Waals surface area contributed by atoms with Gasteiger partial charge in [0.25, 0.3) is 11.8 Å². The molecule has 1 aliphatic rings. The van der Waals surface area contributed by atoms with Gasteiger partial charge in [-0.15, -0.1) is 0 Å². The molecule has 3 aromatic carbocycles. The largest absolute Gasteiger partial charge is 0.508 e. The number of amides is 3. The van der Waals surface area contributed by atoms with Crippen LogP contribution in [-0.4, -0.2) is 63.4 Å². The molecule has 4 N–H and O–H groups in total. The lowest BCUT2D eigenvalue weighted by Gasteiger charge is -2.32. The maximum Gasteiger partial charge on any atom is 0.256 e. The minimum atomic E-state index is -1.73. The molecule has 3 aromatic rings. The second-order valence-corrected chi connectivity index (χ2v) is 11.0. The third-order valence-electron chi connectivity index (χ3n) is 7.64. The Balaban J connectivity index is 1.56. The Hall–Kier alpha value is -4.28. The Bertz CT molecular complexity index is 1460. The SMILES string of the molecule is Cc1ccc(F)cc1CNC(=O)[C@H]1N(C(=O)[C@@H](O)[C@H](Cc2ccccc2)NC(=O)c2cccc(O)c2C)COC1(C)C. The number of aliphatic hydroxyl groups excluding tert-OH is 1. The van der Waals surface area contributed by atoms with E-state index in [-0.39, 0.29) is 31.0 Å². The summed E-state index contributed by atoms with van der Waals surface area (Å²) in [7, 11) is 0. The number of carbonyl (C=O) groups excluding carboxylic acids is 3. The number of hydrogen-bond donors (Lipinski definition) is 4. The van der Waals surface area contributed by atoms with E-state index in [0.29, 0.717) is 11.1 Å². The van der Waals surface area contributed by atoms with Crippen LogP contribution in [0.25, 0.3) is 0 Å². The average molecular weight is 578 g/mol. The van der Waals surface area contributed by atoms with Crippen LogP contribution >= 0.6 is 0 Å². The molecule has 1 saturated heterocycles. The van der Waals surface area contributed by atoms with E-state index in [2.05, 4.69) is 10.6 Å². The molecule has 3 amide bonds. The summed E-state index contributed by atoms with van der Waals surface area (Å²) in [5, 5.41) is 27.0. The van der Waals surface area contributed by atoms with Crippen LogP contribution in [0, 0.1) is 19.7 Å². The average Bonchev–Trinajstić information content (AvgIpc) is 3.28. The molecule has 10 heteroatoms. The van der Waals surface area contributed by atoms with Crippen LogP contribution in [0.1, 0.15) is 46.5 Å². The summed E-state index contributed by atoms with van der Waals surface area (Å²) in [4.78, 5) is 41.6. The number of halogens is 1. The second kappa shape index (κ2) is 12.7. The number of phenols is 1. The Morgan fingerprint density at radius 2 is 1.79 bits per heavy atom. The topological polar surface area (TPSA) is 128 Å². The number of nitrogens with zero attached hydrogens (tertiary/aromatic N) is 1. The first-order valence-electron chi connectivity index (χ1n) is 13.7. The van der Waals surface area contributed by atoms with Crippen molar-refractivity contribution < 1.29 is 33.7 Å². The highest BCUT2D eigenvalue weighted by Crippen LogP contribution is 2.29. The van der Waals surface area contributed by atoms with Crippen molar-refractivity contribution in [2.45, 2.75) is 64.4 Å². The number of hydrogen-bond acceptors (Lipinski definition) is 6. The van der Waals surface area contributed by atoms with E-state index in [1.54, 1.807) is 45.9 Å². The van der Waals surface area contributed by atoms with Crippen molar-refractivity contribution in [3.8, 4) is 5.75 Å². The van der Waals surface area contributed by atoms with Gasteiger partial charge in [0, 0.05) is 17.7 Å². The van der Waals surface area contributed by atoms with Crippen molar-refractivity contribution >= 4 is 17.7 Å². The quantitative estimate of drug-likeness (QED) is 0.310. The lowest BCUT2D eigenvalue weighted by Crippen LogP contribution is -2.58. The molecule has 0 bridgehead atoms. The normalized spacial score (nSPS) is 17.4. The molecule has 1 fully saturated rings. The van der Waals surface area contributed by atoms with Gasteiger partial charge in [0.05, 0.1) is 11.6 Å². The van der Waals surface area contributed by atoms with E-state index < -0.39 is 47.3 Å². The Morgan fingerprint density at radius 1 is 1.07 bits per heavy atom. The van der Waals surface area contributed by atoms with Crippen LogP contribution in [-0.2, 0) is 27.3 Å². The molecule has 42 heavy (non-hydrogen) atoms. The molecule has 0 aliphatic carbocycles. The van der Waals surface area contributed by atoms with Crippen LogP contribution < -0.4 is 10.6 Å². The number of rotatable bonds is 9. The smallest absolute Gasteiger partial charge is 0.256 e. The first kappa shape index (κ1) is 30.7. The van der Waals surface area contributed by atoms with Gasteiger partial charge in [-0.2, -0.15) is 0 Å². The Kier molecular flexibility index (Phi) is 9.28. The lowest BCUT2D eigenvalue weighted by atomic mass is 9.95. The summed E-state index contributed by atoms with van der Waals surface area (Å²) in [5.74, 6) is -2.38. The van der Waals surface area contributed by atoms with Gasteiger partial charge in [0.15, 0.2) is 6.10 Å². The van der Waals surface area contributed by atoms with Crippen LogP contribution in [0.4, 0.5) is 4.39 Å². The zero-order chi connectivity index (χ0) is 30.6. The molecular weight excluding hydrogens is 541 g/mol. The molecule has 0 saturated carbocycles. The summed E-state index contributed by atoms with van der Waals surface area (Å²) >= 11 is 0. The Morgan fingerprint density at radius 3 is 2.50 bits per heavy atom. The molecular formula is C32H36FN3O6. The molecule has 222 valence electrons. The fourth-order valence-corrected chi connectivity index (χ4v) is 5.09. The zero-order valence-corrected chi connectivity index (χ0v) is 24.1. The molecule has 1 heterocycles. The second-order valence-electron chi connectivity index (χ2n) is 11.0. The van der Waals surface area contributed by atoms with Crippen molar-refractivity contribution in [3.63, 3.8) is 0 Å². The van der Waals surface area contributed by atoms with Gasteiger partial charge in [-0.1, -0.05) is 42.5 Å². The Labute approximate surface area is 244 Å². The van der Waals surface area contributed by atoms with Crippen LogP contribution in [0.3, 0.4) is 0 Å². The number of ether oxygens (including phenoxy) is 1. The van der Waals surface area contributed by atoms with E-state index in [9.17, 15) is 29.0 Å². The van der Waals surface area contributed by atoms with Gasteiger partial charge in [0.1, 0.15) is 24.3 Å². The molecule has 0 radical (unpaired) electrons. The number of aromatic hydroxyl groups is 1. The number of phenolic OH excluding ortho intramolecular Hbond substituents is 1. The molecule has 0 unspecified atom stereocenters. The van der Waals surface area contributed by atoms with Crippen molar-refractivity contribution in [1.29, 1.82) is 0 Å². The van der Waals surface area contributed by atoms with Gasteiger partial charge in [-0.25, -0.2) is 4.39 Å². The third-order valence-corrected chi connectivity index (χ3v) is 7.64. The molecule has 9 nitrogen and oxygen atoms in total. The predicted molar refractivity (Wildman–Crippen MR) is 154 cm³/mol. The van der Waals surface area contributed by atoms with Gasteiger partial charge < -0.3 is 30.5 Å². The van der Waals surface area contributed by atoms with Crippen molar-refractivity contribution in [3.05, 3.63) is 100 Å². The van der Waals surface area contributed by atoms with Crippen molar-refractivity contribution in [2.75, 3.05) is 6.73 Å². The number of nitrogens with one attached hydrogen (secondary N) is 2. The minimum Gasteiger partial charge on any atom is -0.508 e. The minimum absolute atomic E-state index is 0.0373. The third kappa shape index (κ3) is 6.78. The summed E-state index contributed by atoms with van der Waals surface area (Å²) in [6, 6.07) is 15.7. The van der Waals surface area contributed by atoms with Gasteiger partial charge >= 0.3 is 0 Å². The standard InChI is InChI=1S/C32H36FN3O6/c1-19-13-14-23(33)16-22(19)17-34-30(40)28-32(3,4)42-18-36(28)31(41)27(38)25(15-21-9-6-5-7-10-21)35-29(39)24-11-8-12-26(37)20(24)2/h5-14,16,25,27-28,37-38H,15,17-18H2,1-4H3,(H,34,40)(H,35,39)/t25-,27-,28+/m0/s1. The fourth-order valence-electron chi connectivity index (χ4n) is 5.09. The zero-order valence-electron chi connectivity index (χ0n) is 24.1. The fraction of sp³-hybridized carbons (Fsp3) is 0.344. The van der Waals surface area contributed by atoms with Crippen LogP contribution in [0.15, 0.2) is 66.7 Å². The molecule has 0 aromatic heterocycles. The summed E-state index contributed by atoms with van der Waals surface area (Å²) < 4.78 is 19.6. The summed E-state index contributed by atoms with van der Waals surface area (Å²) in [5.41, 5.74) is 1.61. The van der Waals surface area contributed by atoms with Crippen LogP contribution in [0.2, 0.25) is 0 Å². The van der Waals surface area contributed by atoms with Gasteiger partial charge in [0.2, 0.25) is 5.91 Å². The molecule has 0 spiro atoms. The summed E-state index contributed by atoms with van der Waals surface area (Å²) in [6.07, 6.45) is -1.62. The van der Waals surface area contributed by atoms with Gasteiger partial charge in [-0.05, 0) is 75.1 Å². The molecule has 1 aliphatic heterocycles. The highest BCUT2D eigenvalue weighted by Gasteiger charge is 2.50. The molecule has 3 atom stereocenters. The van der Waals surface area contributed by atoms with E-state index in [4.69, 9.17) is 4.74 Å². The number of carbonyl (C=O) groups is 3. The molecule has 4 rings (SSSR count). The maximum absolute atomic E-state index is 13.8. The number of aryl methyl sites for hydroxylation is 1. The summed E-state index contributed by atoms with van der Waals surface area (Å²) in [6.45, 7) is 6.51. The maximum atomic E-state index is 13.8. The van der Waals surface area contributed by atoms with E-state index >= 15 is 0 Å². The number of aliphatic hydroxyl groups is 1. The highest BCUT2D eigenvalue weighted by atomic mass is 19.1. The van der Waals surface area contributed by atoms with E-state index in [1.807, 2.05) is 18.2 Å². The van der Waals surface area contributed by atoms with Crippen LogP contribution in [0.5, 0.6) is 5.75 Å². The van der Waals surface area contributed by atoms with Gasteiger partial charge in [-0.3, -0.25) is 14.4 Å². The lowest BCUT2D eigenvalue weighted by molar-refractivity contribution is -0.147. The predicted octanol–water partition coefficient (Wildman–Crippen LogP) is 3.13. The first-order chi connectivity index (χ1) is 19.9. The van der Waals surface area contributed by atoms with E-state index in [1.165, 1.54) is 30.3 Å². The monoisotopic (exact) mass is 577 g/mol. The van der Waals surface area contributed by atoms with Crippen molar-refractivity contribution in [2.24, 2.45) is 0 Å². The first-order valence-corrected chi connectivity index (χ1v) is 13.7. The van der Waals surface area contributed by atoms with E-state index in [0.717, 1.165) is 16.0 Å².